The quantitative estimate of drug-likeness (QED) is 0.170. The van der Waals surface area contributed by atoms with E-state index in [9.17, 15) is 0 Å². The number of rotatable bonds is 2. The van der Waals surface area contributed by atoms with Crippen LogP contribution in [0, 0.1) is 0 Å². The van der Waals surface area contributed by atoms with Crippen molar-refractivity contribution in [3.63, 3.8) is 0 Å². The Kier molecular flexibility index (Phi) is 6.48. The van der Waals surface area contributed by atoms with Gasteiger partial charge in [-0.1, -0.05) is 206 Å². The second-order valence-electron chi connectivity index (χ2n) is 17.0. The van der Waals surface area contributed by atoms with Crippen LogP contribution in [0.4, 0.5) is 0 Å². The Morgan fingerprint density at radius 3 is 1.23 bits per heavy atom. The van der Waals surface area contributed by atoms with Gasteiger partial charge in [-0.25, -0.2) is 0 Å². The minimum absolute atomic E-state index is 0.370. The molecule has 1 nitrogen and oxygen atoms in total. The summed E-state index contributed by atoms with van der Waals surface area (Å²) in [6.07, 6.45) is 0. The maximum Gasteiger partial charge on any atom is 0.140 e. The van der Waals surface area contributed by atoms with Crippen LogP contribution < -0.4 is 4.74 Å². The summed E-state index contributed by atoms with van der Waals surface area (Å²) in [4.78, 5) is 0. The van der Waals surface area contributed by atoms with Crippen LogP contribution in [0.15, 0.2) is 218 Å². The fourth-order valence-corrected chi connectivity index (χ4v) is 12.1. The number of fused-ring (bicyclic) bond motifs is 21. The van der Waals surface area contributed by atoms with E-state index < -0.39 is 5.41 Å². The summed E-state index contributed by atoms with van der Waals surface area (Å²) >= 11 is 0. The monoisotopic (exact) mass is 772 g/mol. The average Bonchev–Trinajstić information content (AvgIpc) is 3.92. The third-order valence-electron chi connectivity index (χ3n) is 14.4. The molecule has 2 spiro atoms. The van der Waals surface area contributed by atoms with E-state index in [0.717, 1.165) is 16.9 Å². The van der Waals surface area contributed by atoms with Crippen molar-refractivity contribution in [3.8, 4) is 67.1 Å². The van der Waals surface area contributed by atoms with E-state index in [0.29, 0.717) is 0 Å². The smallest absolute Gasteiger partial charge is 0.140 e. The van der Waals surface area contributed by atoms with E-state index in [1.807, 2.05) is 0 Å². The van der Waals surface area contributed by atoms with Gasteiger partial charge >= 0.3 is 0 Å². The molecule has 0 unspecified atom stereocenters. The van der Waals surface area contributed by atoms with E-state index in [1.54, 1.807) is 0 Å². The van der Waals surface area contributed by atoms with Gasteiger partial charge in [0.1, 0.15) is 11.5 Å². The van der Waals surface area contributed by atoms with Crippen LogP contribution in [-0.4, -0.2) is 0 Å². The van der Waals surface area contributed by atoms with Crippen molar-refractivity contribution in [2.75, 3.05) is 0 Å². The maximum atomic E-state index is 7.03. The molecular formula is C60H36O. The second-order valence-corrected chi connectivity index (χ2v) is 17.0. The van der Waals surface area contributed by atoms with E-state index in [1.165, 1.54) is 106 Å². The van der Waals surface area contributed by atoms with Crippen LogP contribution in [0.5, 0.6) is 11.5 Å². The van der Waals surface area contributed by atoms with Crippen molar-refractivity contribution in [2.24, 2.45) is 0 Å². The lowest BCUT2D eigenvalue weighted by Crippen LogP contribution is -2.32. The van der Waals surface area contributed by atoms with Crippen molar-refractivity contribution in [1.29, 1.82) is 0 Å². The van der Waals surface area contributed by atoms with Gasteiger partial charge in [0.15, 0.2) is 0 Å². The summed E-state index contributed by atoms with van der Waals surface area (Å²) in [6.45, 7) is 0. The zero-order valence-corrected chi connectivity index (χ0v) is 33.2. The molecule has 0 fully saturated rings. The van der Waals surface area contributed by atoms with Crippen LogP contribution in [-0.2, 0) is 10.8 Å². The standard InChI is InChI=1S/C60H36O/c1-2-21-45-40(16-1)47(36-55-58(45)61-56-31-14-13-29-53(56)60(55)50-26-10-5-19-43(50)44-20-6-11-27-51(44)60)38-34-32-37(33-35-38)39-23-15-30-54-57(39)46-22-7-12-28-52(46)59(54)48-24-8-3-17-41(48)42-18-4-9-25-49(42)59/h1-36H. The highest BCUT2D eigenvalue weighted by molar-refractivity contribution is 6.05. The lowest BCUT2D eigenvalue weighted by Gasteiger charge is -2.40. The van der Waals surface area contributed by atoms with Crippen LogP contribution in [0.1, 0.15) is 44.5 Å². The molecule has 14 rings (SSSR count). The fraction of sp³-hybridized carbons (Fsp3) is 0.0333. The van der Waals surface area contributed by atoms with Crippen molar-refractivity contribution < 1.29 is 4.74 Å². The molecule has 1 heterocycles. The number of hydrogen-bond acceptors (Lipinski definition) is 1. The SMILES string of the molecule is c1ccc2c(c1)Oc1c(cc(-c3ccc(-c4cccc5c4-c4ccccc4C54c5ccccc5-c5ccccc54)cc3)c3ccccc13)C21c2ccccc2-c2ccccc21. The van der Waals surface area contributed by atoms with E-state index >= 15 is 0 Å². The molecule has 0 aromatic heterocycles. The van der Waals surface area contributed by atoms with Gasteiger partial charge in [0.2, 0.25) is 0 Å². The highest BCUT2D eigenvalue weighted by Gasteiger charge is 2.53. The van der Waals surface area contributed by atoms with Gasteiger partial charge in [-0.2, -0.15) is 0 Å². The molecule has 1 heteroatoms. The first-order chi connectivity index (χ1) is 30.3. The molecule has 0 bridgehead atoms. The van der Waals surface area contributed by atoms with Gasteiger partial charge in [0.05, 0.1) is 10.8 Å². The summed E-state index contributed by atoms with van der Waals surface area (Å²) < 4.78 is 7.03. The van der Waals surface area contributed by atoms with Gasteiger partial charge in [-0.3, -0.25) is 0 Å². The topological polar surface area (TPSA) is 9.23 Å². The number of ether oxygens (including phenoxy) is 1. The molecular weight excluding hydrogens is 737 g/mol. The highest BCUT2D eigenvalue weighted by Crippen LogP contribution is 2.65. The molecule has 0 radical (unpaired) electrons. The largest absolute Gasteiger partial charge is 0.456 e. The average molecular weight is 773 g/mol. The summed E-state index contributed by atoms with van der Waals surface area (Å²) in [5.74, 6) is 1.84. The van der Waals surface area contributed by atoms with Gasteiger partial charge in [0, 0.05) is 16.5 Å². The Hall–Kier alpha value is -7.74. The summed E-state index contributed by atoms with van der Waals surface area (Å²) in [5, 5.41) is 2.30. The molecule has 1 aliphatic heterocycles. The summed E-state index contributed by atoms with van der Waals surface area (Å²) in [5.41, 5.74) is 22.2. The zero-order valence-electron chi connectivity index (χ0n) is 33.2. The predicted octanol–water partition coefficient (Wildman–Crippen LogP) is 15.0. The molecule has 4 aliphatic rings. The Morgan fingerprint density at radius 1 is 0.262 bits per heavy atom. The molecule has 10 aromatic carbocycles. The number of benzene rings is 10. The Morgan fingerprint density at radius 2 is 0.656 bits per heavy atom. The molecule has 0 atom stereocenters. The lowest BCUT2D eigenvalue weighted by atomic mass is 9.65. The van der Waals surface area contributed by atoms with Crippen LogP contribution in [0.3, 0.4) is 0 Å². The summed E-state index contributed by atoms with van der Waals surface area (Å²) in [6, 6.07) is 81.3. The van der Waals surface area contributed by atoms with E-state index in [4.69, 9.17) is 4.74 Å². The Bertz CT molecular complexity index is 3420. The number of para-hydroxylation sites is 1. The normalized spacial score (nSPS) is 14.6. The fourth-order valence-electron chi connectivity index (χ4n) is 12.1. The van der Waals surface area contributed by atoms with E-state index in [-0.39, 0.29) is 5.41 Å². The zero-order chi connectivity index (χ0) is 39.9. The van der Waals surface area contributed by atoms with Crippen molar-refractivity contribution in [1.82, 2.24) is 0 Å². The van der Waals surface area contributed by atoms with E-state index in [2.05, 4.69) is 218 Å². The third kappa shape index (κ3) is 4.02. The lowest BCUT2D eigenvalue weighted by molar-refractivity contribution is 0.442. The first kappa shape index (κ1) is 33.1. The van der Waals surface area contributed by atoms with Gasteiger partial charge in [0.25, 0.3) is 0 Å². The van der Waals surface area contributed by atoms with Crippen LogP contribution >= 0.6 is 0 Å². The molecule has 0 amide bonds. The maximum absolute atomic E-state index is 7.03. The third-order valence-corrected chi connectivity index (χ3v) is 14.4. The van der Waals surface area contributed by atoms with Gasteiger partial charge in [-0.15, -0.1) is 0 Å². The molecule has 0 saturated carbocycles. The molecule has 282 valence electrons. The minimum Gasteiger partial charge on any atom is -0.456 e. The predicted molar refractivity (Wildman–Crippen MR) is 248 cm³/mol. The first-order valence-electron chi connectivity index (χ1n) is 21.3. The Labute approximate surface area is 354 Å². The number of hydrogen-bond donors (Lipinski definition) is 0. The minimum atomic E-state index is -0.540. The summed E-state index contributed by atoms with van der Waals surface area (Å²) in [7, 11) is 0. The molecule has 61 heavy (non-hydrogen) atoms. The van der Waals surface area contributed by atoms with Gasteiger partial charge in [-0.05, 0) is 107 Å². The van der Waals surface area contributed by atoms with Crippen LogP contribution in [0.2, 0.25) is 0 Å². The Balaban J connectivity index is 0.981. The van der Waals surface area contributed by atoms with Crippen molar-refractivity contribution >= 4 is 10.8 Å². The van der Waals surface area contributed by atoms with Gasteiger partial charge < -0.3 is 4.74 Å². The van der Waals surface area contributed by atoms with Crippen LogP contribution in [0.25, 0.3) is 66.4 Å². The molecule has 3 aliphatic carbocycles. The first-order valence-corrected chi connectivity index (χ1v) is 21.3. The molecule has 0 N–H and O–H groups in total. The highest BCUT2D eigenvalue weighted by atomic mass is 16.5. The molecule has 10 aromatic rings. The molecule has 0 saturated heterocycles. The van der Waals surface area contributed by atoms with Crippen molar-refractivity contribution in [2.45, 2.75) is 10.8 Å². The second kappa shape index (κ2) is 11.9. The van der Waals surface area contributed by atoms with Crippen molar-refractivity contribution in [3.05, 3.63) is 263 Å².